The van der Waals surface area contributed by atoms with E-state index < -0.39 is 32.0 Å². The minimum absolute atomic E-state index is 0.0707. The second-order valence-electron chi connectivity index (χ2n) is 6.33. The Hall–Kier alpha value is -1.70. The van der Waals surface area contributed by atoms with E-state index in [0.717, 1.165) is 0 Å². The summed E-state index contributed by atoms with van der Waals surface area (Å²) in [6, 6.07) is 5.28. The van der Waals surface area contributed by atoms with Gasteiger partial charge in [0.05, 0.1) is 22.6 Å². The van der Waals surface area contributed by atoms with Crippen LogP contribution in [-0.2, 0) is 26.0 Å². The highest BCUT2D eigenvalue weighted by Crippen LogP contribution is 2.18. The minimum Gasteiger partial charge on any atom is -0.431 e. The molecule has 0 saturated carbocycles. The second kappa shape index (κ2) is 8.60. The lowest BCUT2D eigenvalue weighted by Gasteiger charge is -2.23. The topological polar surface area (TPSA) is 89.5 Å². The van der Waals surface area contributed by atoms with Gasteiger partial charge >= 0.3 is 5.97 Å². The third-order valence-corrected chi connectivity index (χ3v) is 5.82. The average Bonchev–Trinajstić information content (AvgIpc) is 2.51. The van der Waals surface area contributed by atoms with Crippen molar-refractivity contribution in [3.63, 3.8) is 0 Å². The molecule has 1 aromatic rings. The van der Waals surface area contributed by atoms with Gasteiger partial charge < -0.3 is 4.74 Å². The molecule has 0 radical (unpaired) electrons. The van der Waals surface area contributed by atoms with Gasteiger partial charge in [-0.15, -0.1) is 0 Å². The van der Waals surface area contributed by atoms with Crippen LogP contribution in [0.5, 0.6) is 0 Å². The first-order chi connectivity index (χ1) is 11.5. The number of carbonyl (C=O) groups excluding carboxylic acids is 2. The number of carbonyl (C=O) groups is 2. The summed E-state index contributed by atoms with van der Waals surface area (Å²) in [7, 11) is -3.79. The van der Waals surface area contributed by atoms with Gasteiger partial charge in [0, 0.05) is 0 Å². The number of nitrogens with one attached hydrogen (secondary N) is 1. The van der Waals surface area contributed by atoms with E-state index in [1.165, 1.54) is 33.1 Å². The quantitative estimate of drug-likeness (QED) is 0.441. The van der Waals surface area contributed by atoms with Crippen LogP contribution >= 0.6 is 11.6 Å². The fraction of sp³-hybridized carbons (Fsp3) is 0.412. The molecule has 0 aliphatic rings. The molecule has 25 heavy (non-hydrogen) atoms. The summed E-state index contributed by atoms with van der Waals surface area (Å²) in [5, 5.41) is -0.857. The van der Waals surface area contributed by atoms with Crippen molar-refractivity contribution in [2.45, 2.75) is 44.9 Å². The van der Waals surface area contributed by atoms with Crippen molar-refractivity contribution in [2.24, 2.45) is 0 Å². The summed E-state index contributed by atoms with van der Waals surface area (Å²) in [5.41, 5.74) is 0.686. The van der Waals surface area contributed by atoms with Crippen LogP contribution in [0.3, 0.4) is 0 Å². The van der Waals surface area contributed by atoms with Gasteiger partial charge in [-0.3, -0.25) is 4.79 Å². The Morgan fingerprint density at radius 2 is 1.88 bits per heavy atom. The normalized spacial score (nSPS) is 13.6. The number of benzene rings is 1. The molecule has 0 aliphatic heterocycles. The largest absolute Gasteiger partial charge is 0.431 e. The summed E-state index contributed by atoms with van der Waals surface area (Å²) in [5.74, 6) is -0.604. The number of halogens is 1. The number of hydrogen-bond acceptors (Lipinski definition) is 5. The van der Waals surface area contributed by atoms with Crippen LogP contribution < -0.4 is 4.72 Å². The van der Waals surface area contributed by atoms with E-state index >= 15 is 0 Å². The van der Waals surface area contributed by atoms with Crippen LogP contribution in [0.2, 0.25) is 0 Å². The van der Waals surface area contributed by atoms with E-state index in [4.69, 9.17) is 16.3 Å². The second-order valence-corrected chi connectivity index (χ2v) is 9.17. The van der Waals surface area contributed by atoms with Crippen molar-refractivity contribution in [2.75, 3.05) is 0 Å². The Balaban J connectivity index is 3.12. The summed E-state index contributed by atoms with van der Waals surface area (Å²) >= 11 is 5.57. The number of rotatable bonds is 7. The van der Waals surface area contributed by atoms with Crippen molar-refractivity contribution in [1.82, 2.24) is 4.72 Å². The molecule has 0 heterocycles. The van der Waals surface area contributed by atoms with Gasteiger partial charge in [0.2, 0.25) is 15.3 Å². The predicted molar refractivity (Wildman–Crippen MR) is 96.8 cm³/mol. The number of sulfonamides is 1. The molecule has 0 saturated heterocycles. The molecule has 0 amide bonds. The standard InChI is InChI=1S/C17H22ClNO5S/c1-5-10-24-16(21)13-9-7-6-8-12(13)11-14(15(18)20)19-25(22,23)17(2,3)4/h5-10,14,19H,11H2,1-4H3/t14-/m0/s1. The molecule has 0 fully saturated rings. The van der Waals surface area contributed by atoms with Crippen molar-refractivity contribution in [1.29, 1.82) is 0 Å². The number of hydrogen-bond donors (Lipinski definition) is 1. The first kappa shape index (κ1) is 21.3. The molecular formula is C17H22ClNO5S. The third-order valence-electron chi connectivity index (χ3n) is 3.35. The Kier molecular flexibility index (Phi) is 7.34. The monoisotopic (exact) mass is 387 g/mol. The first-order valence-corrected chi connectivity index (χ1v) is 9.47. The number of ether oxygens (including phenoxy) is 1. The summed E-state index contributed by atoms with van der Waals surface area (Å²) in [6.45, 7) is 6.22. The van der Waals surface area contributed by atoms with Gasteiger partial charge in [-0.2, -0.15) is 0 Å². The van der Waals surface area contributed by atoms with E-state index in [9.17, 15) is 18.0 Å². The highest BCUT2D eigenvalue weighted by atomic mass is 35.5. The molecule has 1 atom stereocenters. The molecule has 0 unspecified atom stereocenters. The fourth-order valence-corrected chi connectivity index (χ4v) is 2.96. The van der Waals surface area contributed by atoms with Crippen LogP contribution in [0.1, 0.15) is 43.6 Å². The zero-order chi connectivity index (χ0) is 19.3. The van der Waals surface area contributed by atoms with Gasteiger partial charge in [-0.25, -0.2) is 17.9 Å². The minimum atomic E-state index is -3.79. The van der Waals surface area contributed by atoms with Crippen LogP contribution in [0.15, 0.2) is 36.6 Å². The Labute approximate surface area is 153 Å². The smallest absolute Gasteiger partial charge is 0.343 e. The molecule has 0 aromatic heterocycles. The molecule has 138 valence electrons. The molecule has 0 spiro atoms. The lowest BCUT2D eigenvalue weighted by molar-refractivity contribution is -0.113. The number of allylic oxidation sites excluding steroid dienone is 1. The van der Waals surface area contributed by atoms with E-state index in [1.807, 2.05) is 0 Å². The maximum atomic E-state index is 12.3. The van der Waals surface area contributed by atoms with Gasteiger partial charge in [-0.1, -0.05) is 24.3 Å². The van der Waals surface area contributed by atoms with E-state index in [1.54, 1.807) is 31.2 Å². The third kappa shape index (κ3) is 5.95. The molecule has 1 rings (SSSR count). The molecule has 8 heteroatoms. The molecule has 1 N–H and O–H groups in total. The predicted octanol–water partition coefficient (Wildman–Crippen LogP) is 2.77. The molecule has 1 aromatic carbocycles. The molecular weight excluding hydrogens is 366 g/mol. The van der Waals surface area contributed by atoms with Gasteiger partial charge in [-0.05, 0) is 57.3 Å². The Morgan fingerprint density at radius 1 is 1.28 bits per heavy atom. The van der Waals surface area contributed by atoms with Crippen molar-refractivity contribution < 1.29 is 22.7 Å². The van der Waals surface area contributed by atoms with E-state index in [-0.39, 0.29) is 12.0 Å². The Bertz CT molecular complexity index is 765. The van der Waals surface area contributed by atoms with Crippen molar-refractivity contribution in [3.8, 4) is 0 Å². The maximum absolute atomic E-state index is 12.3. The van der Waals surface area contributed by atoms with Crippen LogP contribution in [0.4, 0.5) is 0 Å². The van der Waals surface area contributed by atoms with Crippen molar-refractivity contribution in [3.05, 3.63) is 47.7 Å². The summed E-state index contributed by atoms with van der Waals surface area (Å²) in [6.07, 6.45) is 2.73. The summed E-state index contributed by atoms with van der Waals surface area (Å²) < 4.78 is 30.7. The van der Waals surface area contributed by atoms with Crippen LogP contribution in [0, 0.1) is 0 Å². The first-order valence-electron chi connectivity index (χ1n) is 7.61. The van der Waals surface area contributed by atoms with Crippen molar-refractivity contribution >= 4 is 32.8 Å². The zero-order valence-electron chi connectivity index (χ0n) is 14.6. The van der Waals surface area contributed by atoms with Gasteiger partial charge in [0.15, 0.2) is 0 Å². The highest BCUT2D eigenvalue weighted by Gasteiger charge is 2.33. The lowest BCUT2D eigenvalue weighted by atomic mass is 10.0. The average molecular weight is 388 g/mol. The van der Waals surface area contributed by atoms with E-state index in [0.29, 0.717) is 5.56 Å². The van der Waals surface area contributed by atoms with Crippen LogP contribution in [-0.4, -0.2) is 30.4 Å². The SMILES string of the molecule is CC=COC(=O)c1ccccc1C[C@H](NS(=O)(=O)C(C)(C)C)C(=O)Cl. The summed E-state index contributed by atoms with van der Waals surface area (Å²) in [4.78, 5) is 23.8. The zero-order valence-corrected chi connectivity index (χ0v) is 16.1. The molecule has 0 aliphatic carbocycles. The van der Waals surface area contributed by atoms with Gasteiger partial charge in [0.25, 0.3) is 0 Å². The molecule has 6 nitrogen and oxygen atoms in total. The van der Waals surface area contributed by atoms with Crippen LogP contribution in [0.25, 0.3) is 0 Å². The fourth-order valence-electron chi connectivity index (χ4n) is 1.84. The van der Waals surface area contributed by atoms with E-state index in [2.05, 4.69) is 4.72 Å². The number of esters is 1. The molecule has 0 bridgehead atoms. The Morgan fingerprint density at radius 3 is 2.40 bits per heavy atom. The highest BCUT2D eigenvalue weighted by molar-refractivity contribution is 7.90. The maximum Gasteiger partial charge on any atom is 0.343 e. The van der Waals surface area contributed by atoms with Gasteiger partial charge in [0.1, 0.15) is 0 Å². The lowest BCUT2D eigenvalue weighted by Crippen LogP contribution is -2.47.